The van der Waals surface area contributed by atoms with Gasteiger partial charge in [-0.05, 0) is 25.7 Å². The van der Waals surface area contributed by atoms with Crippen LogP contribution in [0.2, 0.25) is 0 Å². The molecule has 0 aromatic heterocycles. The van der Waals surface area contributed by atoms with Gasteiger partial charge in [0, 0.05) is 0 Å². The molecule has 1 rings (SSSR count). The SMILES string of the molecule is O=C(OCCC(F)(F)C(F)(F)S(=O)(=O)O)C1CCC(OC(=O)C(F)(F)F)CC1. The average molecular weight is 448 g/mol. The smallest absolute Gasteiger partial charge is 0.465 e. The molecule has 164 valence electrons. The summed E-state index contributed by atoms with van der Waals surface area (Å²) in [7, 11) is -6.40. The number of halogens is 7. The molecule has 0 amide bonds. The van der Waals surface area contributed by atoms with Gasteiger partial charge in [0.05, 0.1) is 18.9 Å². The molecule has 1 saturated carbocycles. The third-order valence-electron chi connectivity index (χ3n) is 3.92. The monoisotopic (exact) mass is 448 g/mol. The van der Waals surface area contributed by atoms with Crippen molar-refractivity contribution in [3.63, 3.8) is 0 Å². The molecule has 1 aliphatic rings. The molecule has 0 aromatic carbocycles. The van der Waals surface area contributed by atoms with Crippen molar-refractivity contribution in [2.24, 2.45) is 5.92 Å². The van der Waals surface area contributed by atoms with Gasteiger partial charge in [-0.2, -0.15) is 39.2 Å². The van der Waals surface area contributed by atoms with Crippen molar-refractivity contribution in [1.29, 1.82) is 0 Å². The number of carbonyl (C=O) groups is 2. The molecule has 1 N–H and O–H groups in total. The molecule has 0 saturated heterocycles. The summed E-state index contributed by atoms with van der Waals surface area (Å²) in [6.45, 7) is -1.29. The van der Waals surface area contributed by atoms with Crippen LogP contribution in [0.4, 0.5) is 30.7 Å². The minimum atomic E-state index is -6.40. The van der Waals surface area contributed by atoms with E-state index in [2.05, 4.69) is 9.47 Å². The topological polar surface area (TPSA) is 107 Å². The highest BCUT2D eigenvalue weighted by Gasteiger charge is 2.65. The van der Waals surface area contributed by atoms with Crippen LogP contribution < -0.4 is 0 Å². The molecule has 0 unspecified atom stereocenters. The molecule has 0 bridgehead atoms. The fraction of sp³-hybridized carbons (Fsp3) is 0.846. The summed E-state index contributed by atoms with van der Waals surface area (Å²) in [5.74, 6) is -9.66. The molecule has 0 aliphatic heterocycles. The predicted molar refractivity (Wildman–Crippen MR) is 74.9 cm³/mol. The lowest BCUT2D eigenvalue weighted by Crippen LogP contribution is -2.47. The molecule has 0 aromatic rings. The fourth-order valence-electron chi connectivity index (χ4n) is 2.37. The molecule has 15 heteroatoms. The molecule has 28 heavy (non-hydrogen) atoms. The van der Waals surface area contributed by atoms with E-state index in [0.717, 1.165) is 0 Å². The number of esters is 2. The first-order chi connectivity index (χ1) is 12.5. The Balaban J connectivity index is 2.47. The standard InChI is InChI=1S/C13H15F7O7S/c14-11(15,13(19,20)28(23,24)25)5-6-26-9(21)7-1-3-8(4-2-7)27-10(22)12(16,17)18/h7-8H,1-6H2,(H,23,24,25). The zero-order valence-electron chi connectivity index (χ0n) is 13.8. The number of hydrogen-bond donors (Lipinski definition) is 1. The van der Waals surface area contributed by atoms with E-state index in [9.17, 15) is 48.7 Å². The highest BCUT2D eigenvalue weighted by Crippen LogP contribution is 2.40. The van der Waals surface area contributed by atoms with Crippen LogP contribution in [0.1, 0.15) is 32.1 Å². The summed E-state index contributed by atoms with van der Waals surface area (Å²) in [6, 6.07) is 0. The zero-order valence-corrected chi connectivity index (χ0v) is 14.7. The van der Waals surface area contributed by atoms with Crippen LogP contribution in [-0.4, -0.2) is 55.0 Å². The first-order valence-corrected chi connectivity index (χ1v) is 9.10. The second-order valence-electron chi connectivity index (χ2n) is 5.99. The summed E-state index contributed by atoms with van der Waals surface area (Å²) >= 11 is 0. The summed E-state index contributed by atoms with van der Waals surface area (Å²) < 4.78 is 126. The number of carbonyl (C=O) groups excluding carboxylic acids is 2. The van der Waals surface area contributed by atoms with E-state index in [1.54, 1.807) is 0 Å². The van der Waals surface area contributed by atoms with Crippen LogP contribution >= 0.6 is 0 Å². The van der Waals surface area contributed by atoms with Crippen LogP contribution in [0.25, 0.3) is 0 Å². The molecule has 0 spiro atoms. The average Bonchev–Trinajstić information content (AvgIpc) is 2.53. The minimum Gasteiger partial charge on any atom is -0.465 e. The van der Waals surface area contributed by atoms with E-state index >= 15 is 0 Å². The Bertz CT molecular complexity index is 682. The van der Waals surface area contributed by atoms with Crippen molar-refractivity contribution in [3.05, 3.63) is 0 Å². The van der Waals surface area contributed by atoms with Gasteiger partial charge < -0.3 is 9.47 Å². The minimum absolute atomic E-state index is 0.105. The van der Waals surface area contributed by atoms with Gasteiger partial charge in [0.25, 0.3) is 0 Å². The molecular formula is C13H15F7O7S. The first-order valence-electron chi connectivity index (χ1n) is 7.66. The number of ether oxygens (including phenoxy) is 2. The van der Waals surface area contributed by atoms with Crippen LogP contribution in [-0.2, 0) is 29.2 Å². The van der Waals surface area contributed by atoms with Crippen molar-refractivity contribution >= 4 is 22.1 Å². The summed E-state index contributed by atoms with van der Waals surface area (Å²) in [4.78, 5) is 22.4. The second kappa shape index (κ2) is 8.39. The second-order valence-corrected chi connectivity index (χ2v) is 7.45. The third kappa shape index (κ3) is 5.93. The van der Waals surface area contributed by atoms with Gasteiger partial charge in [0.1, 0.15) is 6.10 Å². The number of rotatable bonds is 7. The van der Waals surface area contributed by atoms with Crippen molar-refractivity contribution in [1.82, 2.24) is 0 Å². The normalized spacial score (nSPS) is 21.9. The highest BCUT2D eigenvalue weighted by atomic mass is 32.2. The van der Waals surface area contributed by atoms with Crippen molar-refractivity contribution in [2.75, 3.05) is 6.61 Å². The molecule has 0 atom stereocenters. The van der Waals surface area contributed by atoms with Crippen LogP contribution in [0.3, 0.4) is 0 Å². The Kier molecular flexibility index (Phi) is 7.31. The van der Waals surface area contributed by atoms with Gasteiger partial charge in [-0.1, -0.05) is 0 Å². The molecule has 0 radical (unpaired) electrons. The van der Waals surface area contributed by atoms with Crippen molar-refractivity contribution < 1.29 is 62.8 Å². The lowest BCUT2D eigenvalue weighted by Gasteiger charge is -2.27. The Hall–Kier alpha value is -1.64. The van der Waals surface area contributed by atoms with Gasteiger partial charge >= 0.3 is 39.4 Å². The van der Waals surface area contributed by atoms with Crippen LogP contribution in [0.5, 0.6) is 0 Å². The quantitative estimate of drug-likeness (QED) is 0.363. The van der Waals surface area contributed by atoms with E-state index in [4.69, 9.17) is 4.55 Å². The Labute approximate surface area is 153 Å². The molecule has 1 fully saturated rings. The van der Waals surface area contributed by atoms with Crippen molar-refractivity contribution in [2.45, 2.75) is 55.6 Å². The summed E-state index contributed by atoms with van der Waals surface area (Å²) in [5.41, 5.74) is 0. The Morgan fingerprint density at radius 2 is 1.46 bits per heavy atom. The number of hydrogen-bond acceptors (Lipinski definition) is 6. The van der Waals surface area contributed by atoms with Crippen LogP contribution in [0.15, 0.2) is 0 Å². The van der Waals surface area contributed by atoms with Gasteiger partial charge in [-0.15, -0.1) is 0 Å². The highest BCUT2D eigenvalue weighted by molar-refractivity contribution is 7.87. The third-order valence-corrected chi connectivity index (χ3v) is 4.87. The lowest BCUT2D eigenvalue weighted by atomic mass is 9.87. The first kappa shape index (κ1) is 24.4. The van der Waals surface area contributed by atoms with Gasteiger partial charge in [-0.25, -0.2) is 4.79 Å². The molecule has 7 nitrogen and oxygen atoms in total. The maximum absolute atomic E-state index is 13.2. The fourth-order valence-corrected chi connectivity index (χ4v) is 2.85. The van der Waals surface area contributed by atoms with E-state index < -0.39 is 64.5 Å². The molecule has 1 aliphatic carbocycles. The van der Waals surface area contributed by atoms with Gasteiger partial charge in [0.15, 0.2) is 0 Å². The zero-order chi connectivity index (χ0) is 22.0. The van der Waals surface area contributed by atoms with Crippen molar-refractivity contribution in [3.8, 4) is 0 Å². The van der Waals surface area contributed by atoms with Gasteiger partial charge in [-0.3, -0.25) is 9.35 Å². The maximum atomic E-state index is 13.2. The van der Waals surface area contributed by atoms with E-state index in [1.807, 2.05) is 0 Å². The van der Waals surface area contributed by atoms with E-state index in [0.29, 0.717) is 0 Å². The van der Waals surface area contributed by atoms with Crippen LogP contribution in [0, 0.1) is 5.92 Å². The number of alkyl halides is 7. The Morgan fingerprint density at radius 3 is 1.89 bits per heavy atom. The largest absolute Gasteiger partial charge is 0.490 e. The maximum Gasteiger partial charge on any atom is 0.490 e. The predicted octanol–water partition coefficient (Wildman–Crippen LogP) is 2.70. The molecular weight excluding hydrogens is 433 g/mol. The summed E-state index contributed by atoms with van der Waals surface area (Å²) in [5, 5.41) is -5.78. The van der Waals surface area contributed by atoms with Gasteiger partial charge in [0.2, 0.25) is 0 Å². The lowest BCUT2D eigenvalue weighted by molar-refractivity contribution is -0.206. The van der Waals surface area contributed by atoms with E-state index in [1.165, 1.54) is 0 Å². The summed E-state index contributed by atoms with van der Waals surface area (Å²) in [6.07, 6.45) is -8.67. The Morgan fingerprint density at radius 1 is 0.964 bits per heavy atom. The van der Waals surface area contributed by atoms with E-state index in [-0.39, 0.29) is 25.7 Å². The molecule has 0 heterocycles.